The first-order chi connectivity index (χ1) is 9.47. The summed E-state index contributed by atoms with van der Waals surface area (Å²) >= 11 is 6.11. The zero-order chi connectivity index (χ0) is 14.7. The molecule has 1 aromatic carbocycles. The third-order valence-electron chi connectivity index (χ3n) is 2.98. The number of aryl methyl sites for hydroxylation is 1. The SMILES string of the molecule is Cc1ccc(C(=O)N(C)Cc2cc(N)ccc2Cl)cn1. The quantitative estimate of drug-likeness (QED) is 0.884. The van der Waals surface area contributed by atoms with E-state index in [9.17, 15) is 4.79 Å². The number of hydrogen-bond donors (Lipinski definition) is 1. The number of halogens is 1. The highest BCUT2D eigenvalue weighted by atomic mass is 35.5. The van der Waals surface area contributed by atoms with Crippen LogP contribution < -0.4 is 5.73 Å². The molecule has 20 heavy (non-hydrogen) atoms. The van der Waals surface area contributed by atoms with Crippen LogP contribution in [-0.4, -0.2) is 22.8 Å². The summed E-state index contributed by atoms with van der Waals surface area (Å²) in [5, 5.41) is 0.598. The van der Waals surface area contributed by atoms with Crippen LogP contribution in [0.4, 0.5) is 5.69 Å². The molecule has 0 aliphatic heterocycles. The maximum atomic E-state index is 12.3. The Hall–Kier alpha value is -2.07. The Labute approximate surface area is 123 Å². The molecule has 2 rings (SSSR count). The van der Waals surface area contributed by atoms with Crippen molar-refractivity contribution in [1.29, 1.82) is 0 Å². The summed E-state index contributed by atoms with van der Waals surface area (Å²) in [4.78, 5) is 18.0. The van der Waals surface area contributed by atoms with Crippen molar-refractivity contribution < 1.29 is 4.79 Å². The molecular weight excluding hydrogens is 274 g/mol. The van der Waals surface area contributed by atoms with E-state index < -0.39 is 0 Å². The monoisotopic (exact) mass is 289 g/mol. The predicted octanol–water partition coefficient (Wildman–Crippen LogP) is 2.90. The van der Waals surface area contributed by atoms with E-state index in [4.69, 9.17) is 17.3 Å². The van der Waals surface area contributed by atoms with Crippen molar-refractivity contribution in [2.75, 3.05) is 12.8 Å². The van der Waals surface area contributed by atoms with E-state index in [1.54, 1.807) is 42.4 Å². The van der Waals surface area contributed by atoms with E-state index in [1.807, 2.05) is 13.0 Å². The van der Waals surface area contributed by atoms with Crippen molar-refractivity contribution in [3.8, 4) is 0 Å². The van der Waals surface area contributed by atoms with Crippen LogP contribution in [0.1, 0.15) is 21.6 Å². The highest BCUT2D eigenvalue weighted by Crippen LogP contribution is 2.20. The van der Waals surface area contributed by atoms with Gasteiger partial charge >= 0.3 is 0 Å². The fourth-order valence-corrected chi connectivity index (χ4v) is 2.04. The van der Waals surface area contributed by atoms with Gasteiger partial charge in [0.25, 0.3) is 5.91 Å². The van der Waals surface area contributed by atoms with Gasteiger partial charge in [-0.15, -0.1) is 0 Å². The largest absolute Gasteiger partial charge is 0.399 e. The fraction of sp³-hybridized carbons (Fsp3) is 0.200. The van der Waals surface area contributed by atoms with Crippen molar-refractivity contribution in [3.05, 3.63) is 58.4 Å². The smallest absolute Gasteiger partial charge is 0.255 e. The lowest BCUT2D eigenvalue weighted by atomic mass is 10.1. The van der Waals surface area contributed by atoms with Gasteiger partial charge in [-0.25, -0.2) is 0 Å². The zero-order valence-corrected chi connectivity index (χ0v) is 12.2. The molecule has 0 saturated carbocycles. The van der Waals surface area contributed by atoms with Crippen LogP contribution >= 0.6 is 11.6 Å². The van der Waals surface area contributed by atoms with Crippen LogP contribution in [-0.2, 0) is 6.54 Å². The molecule has 0 atom stereocenters. The number of hydrogen-bond acceptors (Lipinski definition) is 3. The molecule has 5 heteroatoms. The lowest BCUT2D eigenvalue weighted by molar-refractivity contribution is 0.0784. The Balaban J connectivity index is 2.15. The molecule has 0 radical (unpaired) electrons. The standard InChI is InChI=1S/C15H16ClN3O/c1-10-3-4-11(8-18-10)15(20)19(2)9-12-7-13(17)5-6-14(12)16/h3-8H,9,17H2,1-2H3. The van der Waals surface area contributed by atoms with Crippen LogP contribution in [0, 0.1) is 6.92 Å². The van der Waals surface area contributed by atoms with Gasteiger partial charge in [0.15, 0.2) is 0 Å². The van der Waals surface area contributed by atoms with E-state index in [-0.39, 0.29) is 5.91 Å². The number of rotatable bonds is 3. The van der Waals surface area contributed by atoms with E-state index in [0.29, 0.717) is 22.8 Å². The topological polar surface area (TPSA) is 59.2 Å². The lowest BCUT2D eigenvalue weighted by Crippen LogP contribution is -2.26. The van der Waals surface area contributed by atoms with E-state index >= 15 is 0 Å². The molecule has 0 fully saturated rings. The summed E-state index contributed by atoms with van der Waals surface area (Å²) < 4.78 is 0. The molecule has 0 saturated heterocycles. The second-order valence-electron chi connectivity index (χ2n) is 4.70. The van der Waals surface area contributed by atoms with Gasteiger partial charge in [0.1, 0.15) is 0 Å². The first kappa shape index (κ1) is 14.3. The number of pyridine rings is 1. The average Bonchev–Trinajstić information content (AvgIpc) is 2.43. The molecule has 1 amide bonds. The minimum atomic E-state index is -0.101. The van der Waals surface area contributed by atoms with Crippen LogP contribution in [0.25, 0.3) is 0 Å². The Kier molecular flexibility index (Phi) is 4.25. The Morgan fingerprint density at radius 3 is 2.75 bits per heavy atom. The molecule has 1 heterocycles. The summed E-state index contributed by atoms with van der Waals surface area (Å²) in [5.41, 5.74) is 8.62. The molecule has 104 valence electrons. The Morgan fingerprint density at radius 1 is 1.35 bits per heavy atom. The molecule has 0 aliphatic carbocycles. The van der Waals surface area contributed by atoms with Gasteiger partial charge in [0.05, 0.1) is 5.56 Å². The molecule has 2 N–H and O–H groups in total. The van der Waals surface area contributed by atoms with Crippen molar-refractivity contribution >= 4 is 23.2 Å². The van der Waals surface area contributed by atoms with Crippen molar-refractivity contribution in [1.82, 2.24) is 9.88 Å². The van der Waals surface area contributed by atoms with Crippen LogP contribution in [0.15, 0.2) is 36.5 Å². The van der Waals surface area contributed by atoms with E-state index in [0.717, 1.165) is 11.3 Å². The first-order valence-electron chi connectivity index (χ1n) is 6.19. The number of nitrogen functional groups attached to an aromatic ring is 1. The molecule has 0 aliphatic rings. The third-order valence-corrected chi connectivity index (χ3v) is 3.35. The molecular formula is C15H16ClN3O. The summed E-state index contributed by atoms with van der Waals surface area (Å²) in [7, 11) is 1.72. The van der Waals surface area contributed by atoms with Crippen LogP contribution in [0.5, 0.6) is 0 Å². The number of carbonyl (C=O) groups is 1. The molecule has 1 aromatic heterocycles. The van der Waals surface area contributed by atoms with Gasteiger partial charge < -0.3 is 10.6 Å². The number of nitrogens with zero attached hydrogens (tertiary/aromatic N) is 2. The first-order valence-corrected chi connectivity index (χ1v) is 6.57. The molecule has 0 unspecified atom stereocenters. The second kappa shape index (κ2) is 5.92. The summed E-state index contributed by atoms with van der Waals surface area (Å²) in [6.45, 7) is 2.28. The summed E-state index contributed by atoms with van der Waals surface area (Å²) in [6.07, 6.45) is 1.58. The van der Waals surface area contributed by atoms with Crippen LogP contribution in [0.2, 0.25) is 5.02 Å². The normalized spacial score (nSPS) is 10.3. The number of benzene rings is 1. The number of amides is 1. The number of nitrogens with two attached hydrogens (primary N) is 1. The number of carbonyl (C=O) groups excluding carboxylic acids is 1. The predicted molar refractivity (Wildman–Crippen MR) is 80.6 cm³/mol. The molecule has 0 bridgehead atoms. The van der Waals surface area contributed by atoms with Gasteiger partial charge in [0, 0.05) is 36.2 Å². The maximum absolute atomic E-state index is 12.3. The van der Waals surface area contributed by atoms with Gasteiger partial charge in [0.2, 0.25) is 0 Å². The Morgan fingerprint density at radius 2 is 2.10 bits per heavy atom. The lowest BCUT2D eigenvalue weighted by Gasteiger charge is -2.18. The van der Waals surface area contributed by atoms with Gasteiger partial charge in [-0.05, 0) is 42.8 Å². The average molecular weight is 290 g/mol. The number of aromatic nitrogens is 1. The van der Waals surface area contributed by atoms with E-state index in [1.165, 1.54) is 0 Å². The fourth-order valence-electron chi connectivity index (χ4n) is 1.86. The maximum Gasteiger partial charge on any atom is 0.255 e. The molecule has 2 aromatic rings. The van der Waals surface area contributed by atoms with E-state index in [2.05, 4.69) is 4.98 Å². The van der Waals surface area contributed by atoms with Crippen molar-refractivity contribution in [3.63, 3.8) is 0 Å². The van der Waals surface area contributed by atoms with Crippen molar-refractivity contribution in [2.45, 2.75) is 13.5 Å². The highest BCUT2D eigenvalue weighted by Gasteiger charge is 2.13. The van der Waals surface area contributed by atoms with Gasteiger partial charge in [-0.1, -0.05) is 11.6 Å². The minimum Gasteiger partial charge on any atom is -0.399 e. The summed E-state index contributed by atoms with van der Waals surface area (Å²) in [5.74, 6) is -0.101. The van der Waals surface area contributed by atoms with Gasteiger partial charge in [-0.3, -0.25) is 9.78 Å². The second-order valence-corrected chi connectivity index (χ2v) is 5.11. The van der Waals surface area contributed by atoms with Crippen molar-refractivity contribution in [2.24, 2.45) is 0 Å². The number of anilines is 1. The third kappa shape index (κ3) is 3.27. The van der Waals surface area contributed by atoms with Gasteiger partial charge in [-0.2, -0.15) is 0 Å². The molecule has 0 spiro atoms. The van der Waals surface area contributed by atoms with Crippen LogP contribution in [0.3, 0.4) is 0 Å². The molecule has 4 nitrogen and oxygen atoms in total. The summed E-state index contributed by atoms with van der Waals surface area (Å²) in [6, 6.07) is 8.83. The Bertz CT molecular complexity index is 626. The zero-order valence-electron chi connectivity index (χ0n) is 11.4. The minimum absolute atomic E-state index is 0.101. The highest BCUT2D eigenvalue weighted by molar-refractivity contribution is 6.31.